The number of aromatic nitrogens is 3. The summed E-state index contributed by atoms with van der Waals surface area (Å²) in [5.41, 5.74) is 2.31. The summed E-state index contributed by atoms with van der Waals surface area (Å²) in [4.78, 5) is 0. The molecule has 5 heteroatoms. The molecule has 0 atom stereocenters. The van der Waals surface area contributed by atoms with Crippen LogP contribution in [0.15, 0.2) is 0 Å². The first-order valence-corrected chi connectivity index (χ1v) is 6.26. The Hall–Kier alpha value is -0.940. The molecule has 1 aromatic heterocycles. The third kappa shape index (κ3) is 4.09. The van der Waals surface area contributed by atoms with Crippen molar-refractivity contribution in [3.63, 3.8) is 0 Å². The lowest BCUT2D eigenvalue weighted by Gasteiger charge is -2.10. The molecule has 0 aliphatic heterocycles. The number of hydrogen-bond acceptors (Lipinski definition) is 4. The summed E-state index contributed by atoms with van der Waals surface area (Å²) in [7, 11) is 3.67. The molecule has 17 heavy (non-hydrogen) atoms. The van der Waals surface area contributed by atoms with Crippen LogP contribution in [0.25, 0.3) is 0 Å². The van der Waals surface area contributed by atoms with E-state index in [-0.39, 0.29) is 0 Å². The van der Waals surface area contributed by atoms with Gasteiger partial charge in [0.1, 0.15) is 0 Å². The molecule has 0 aromatic carbocycles. The van der Waals surface area contributed by atoms with Gasteiger partial charge in [-0.25, -0.2) is 4.68 Å². The van der Waals surface area contributed by atoms with E-state index in [0.29, 0.717) is 5.92 Å². The lowest BCUT2D eigenvalue weighted by Crippen LogP contribution is -2.12. The topological polar surface area (TPSA) is 52.0 Å². The third-order valence-corrected chi connectivity index (χ3v) is 2.71. The molecule has 0 radical (unpaired) electrons. The van der Waals surface area contributed by atoms with Gasteiger partial charge < -0.3 is 10.1 Å². The molecule has 0 unspecified atom stereocenters. The Morgan fingerprint density at radius 2 is 2.12 bits per heavy atom. The Morgan fingerprint density at radius 1 is 1.35 bits per heavy atom. The maximum atomic E-state index is 5.05. The van der Waals surface area contributed by atoms with E-state index in [1.807, 2.05) is 11.7 Å². The molecule has 0 aliphatic carbocycles. The predicted octanol–water partition coefficient (Wildman–Crippen LogP) is 1.55. The number of aryl methyl sites for hydroxylation is 1. The summed E-state index contributed by atoms with van der Waals surface area (Å²) in [5, 5.41) is 11.6. The van der Waals surface area contributed by atoms with Crippen LogP contribution in [0.1, 0.15) is 44.0 Å². The van der Waals surface area contributed by atoms with Crippen molar-refractivity contribution in [3.8, 4) is 0 Å². The first kappa shape index (κ1) is 14.1. The van der Waals surface area contributed by atoms with E-state index in [0.717, 1.165) is 38.2 Å². The van der Waals surface area contributed by atoms with E-state index < -0.39 is 0 Å². The summed E-state index contributed by atoms with van der Waals surface area (Å²) < 4.78 is 7.08. The third-order valence-electron chi connectivity index (χ3n) is 2.71. The van der Waals surface area contributed by atoms with Crippen molar-refractivity contribution in [2.45, 2.75) is 45.7 Å². The van der Waals surface area contributed by atoms with Gasteiger partial charge in [0.25, 0.3) is 0 Å². The minimum Gasteiger partial charge on any atom is -0.385 e. The summed E-state index contributed by atoms with van der Waals surface area (Å²) in [6.07, 6.45) is 2.14. The van der Waals surface area contributed by atoms with Gasteiger partial charge >= 0.3 is 0 Å². The first-order chi connectivity index (χ1) is 8.20. The molecular weight excluding hydrogens is 216 g/mol. The van der Waals surface area contributed by atoms with Gasteiger partial charge in [-0.2, -0.15) is 0 Å². The summed E-state index contributed by atoms with van der Waals surface area (Å²) in [6.45, 7) is 6.89. The number of nitrogens with one attached hydrogen (secondary N) is 1. The fourth-order valence-corrected chi connectivity index (χ4v) is 1.95. The summed E-state index contributed by atoms with van der Waals surface area (Å²) >= 11 is 0. The molecule has 0 spiro atoms. The standard InChI is InChI=1S/C12H24N4O/c1-10(2)12-11(9-13-3)14-15-16(12)7-5-6-8-17-4/h10,13H,5-9H2,1-4H3. The van der Waals surface area contributed by atoms with E-state index in [1.54, 1.807) is 7.11 Å². The van der Waals surface area contributed by atoms with Gasteiger partial charge in [-0.1, -0.05) is 19.1 Å². The van der Waals surface area contributed by atoms with Gasteiger partial charge in [0, 0.05) is 26.8 Å². The fourth-order valence-electron chi connectivity index (χ4n) is 1.95. The van der Waals surface area contributed by atoms with Crippen LogP contribution in [0.4, 0.5) is 0 Å². The number of nitrogens with zero attached hydrogens (tertiary/aromatic N) is 3. The predicted molar refractivity (Wildman–Crippen MR) is 68.0 cm³/mol. The number of unbranched alkanes of at least 4 members (excludes halogenated alkanes) is 1. The van der Waals surface area contributed by atoms with E-state index >= 15 is 0 Å². The molecular formula is C12H24N4O. The van der Waals surface area contributed by atoms with Crippen LogP contribution >= 0.6 is 0 Å². The molecule has 0 saturated heterocycles. The average molecular weight is 240 g/mol. The van der Waals surface area contributed by atoms with E-state index in [1.165, 1.54) is 5.69 Å². The molecule has 1 heterocycles. The van der Waals surface area contributed by atoms with Crippen molar-refractivity contribution in [1.29, 1.82) is 0 Å². The Bertz CT molecular complexity index is 322. The van der Waals surface area contributed by atoms with Crippen LogP contribution in [-0.2, 0) is 17.8 Å². The normalized spacial score (nSPS) is 11.4. The van der Waals surface area contributed by atoms with E-state index in [4.69, 9.17) is 4.74 Å². The highest BCUT2D eigenvalue weighted by molar-refractivity contribution is 5.14. The molecule has 5 nitrogen and oxygen atoms in total. The molecule has 1 N–H and O–H groups in total. The lowest BCUT2D eigenvalue weighted by atomic mass is 10.1. The summed E-state index contributed by atoms with van der Waals surface area (Å²) in [5.74, 6) is 0.454. The Kier molecular flexibility index (Phi) is 6.15. The second-order valence-corrected chi connectivity index (χ2v) is 4.53. The zero-order chi connectivity index (χ0) is 12.7. The molecule has 98 valence electrons. The second-order valence-electron chi connectivity index (χ2n) is 4.53. The number of methoxy groups -OCH3 is 1. The summed E-state index contributed by atoms with van der Waals surface area (Å²) in [6, 6.07) is 0. The molecule has 0 saturated carbocycles. The molecule has 1 aromatic rings. The Morgan fingerprint density at radius 3 is 2.71 bits per heavy atom. The monoisotopic (exact) mass is 240 g/mol. The SMILES string of the molecule is CNCc1nnn(CCCCOC)c1C(C)C. The highest BCUT2D eigenvalue weighted by Gasteiger charge is 2.14. The molecule has 0 amide bonds. The van der Waals surface area contributed by atoms with Gasteiger partial charge in [0.05, 0.1) is 11.4 Å². The van der Waals surface area contributed by atoms with Crippen LogP contribution in [0.3, 0.4) is 0 Å². The van der Waals surface area contributed by atoms with E-state index in [9.17, 15) is 0 Å². The van der Waals surface area contributed by atoms with Crippen LogP contribution in [-0.4, -0.2) is 35.8 Å². The van der Waals surface area contributed by atoms with Crippen molar-refractivity contribution >= 4 is 0 Å². The van der Waals surface area contributed by atoms with Crippen molar-refractivity contribution in [2.24, 2.45) is 0 Å². The largest absolute Gasteiger partial charge is 0.385 e. The number of ether oxygens (including phenoxy) is 1. The van der Waals surface area contributed by atoms with Crippen LogP contribution < -0.4 is 5.32 Å². The molecule has 1 rings (SSSR count). The lowest BCUT2D eigenvalue weighted by molar-refractivity contribution is 0.190. The molecule has 0 aliphatic rings. The zero-order valence-corrected chi connectivity index (χ0v) is 11.4. The second kappa shape index (κ2) is 7.40. The maximum Gasteiger partial charge on any atom is 0.0999 e. The van der Waals surface area contributed by atoms with Crippen molar-refractivity contribution in [2.75, 3.05) is 20.8 Å². The fraction of sp³-hybridized carbons (Fsp3) is 0.833. The quantitative estimate of drug-likeness (QED) is 0.700. The first-order valence-electron chi connectivity index (χ1n) is 6.26. The van der Waals surface area contributed by atoms with Gasteiger partial charge in [-0.15, -0.1) is 5.10 Å². The number of hydrogen-bond donors (Lipinski definition) is 1. The molecule has 0 fully saturated rings. The number of rotatable bonds is 8. The van der Waals surface area contributed by atoms with Gasteiger partial charge in [0.15, 0.2) is 0 Å². The highest BCUT2D eigenvalue weighted by Crippen LogP contribution is 2.17. The highest BCUT2D eigenvalue weighted by atomic mass is 16.5. The zero-order valence-electron chi connectivity index (χ0n) is 11.4. The van der Waals surface area contributed by atoms with Crippen molar-refractivity contribution < 1.29 is 4.74 Å². The smallest absolute Gasteiger partial charge is 0.0999 e. The minimum atomic E-state index is 0.454. The maximum absolute atomic E-state index is 5.05. The van der Waals surface area contributed by atoms with E-state index in [2.05, 4.69) is 29.5 Å². The Balaban J connectivity index is 2.64. The Labute approximate surface area is 104 Å². The van der Waals surface area contributed by atoms with Gasteiger partial charge in [-0.05, 0) is 25.8 Å². The van der Waals surface area contributed by atoms with Crippen LogP contribution in [0, 0.1) is 0 Å². The molecule has 0 bridgehead atoms. The minimum absolute atomic E-state index is 0.454. The van der Waals surface area contributed by atoms with Gasteiger partial charge in [0.2, 0.25) is 0 Å². The van der Waals surface area contributed by atoms with Crippen LogP contribution in [0.5, 0.6) is 0 Å². The van der Waals surface area contributed by atoms with Crippen molar-refractivity contribution in [3.05, 3.63) is 11.4 Å². The van der Waals surface area contributed by atoms with Gasteiger partial charge in [-0.3, -0.25) is 0 Å². The van der Waals surface area contributed by atoms with Crippen molar-refractivity contribution in [1.82, 2.24) is 20.3 Å². The van der Waals surface area contributed by atoms with Crippen LogP contribution in [0.2, 0.25) is 0 Å². The average Bonchev–Trinajstić information content (AvgIpc) is 2.68.